The minimum absolute atomic E-state index is 0.00527. The number of hydrogen-bond donors (Lipinski definition) is 1. The predicted octanol–water partition coefficient (Wildman–Crippen LogP) is 2.56. The van der Waals surface area contributed by atoms with E-state index in [4.69, 9.17) is 0 Å². The molecule has 4 nitrogen and oxygen atoms in total. The van der Waals surface area contributed by atoms with Crippen molar-refractivity contribution in [3.8, 4) is 0 Å². The molecule has 0 radical (unpaired) electrons. The molecule has 2 aliphatic heterocycles. The second-order valence-corrected chi connectivity index (χ2v) is 6.61. The lowest BCUT2D eigenvalue weighted by Gasteiger charge is -2.22. The molecule has 1 saturated heterocycles. The van der Waals surface area contributed by atoms with Crippen molar-refractivity contribution in [3.05, 3.63) is 35.4 Å². The fourth-order valence-electron chi connectivity index (χ4n) is 2.95. The Labute approximate surface area is 129 Å². The zero-order chi connectivity index (χ0) is 14.8. The summed E-state index contributed by atoms with van der Waals surface area (Å²) in [6.45, 7) is 2.84. The van der Waals surface area contributed by atoms with Crippen LogP contribution in [0.5, 0.6) is 0 Å². The van der Waals surface area contributed by atoms with Crippen molar-refractivity contribution in [2.45, 2.75) is 37.6 Å². The fourth-order valence-corrected chi connectivity index (χ4v) is 4.41. The summed E-state index contributed by atoms with van der Waals surface area (Å²) in [5.74, 6) is 0.668. The smallest absolute Gasteiger partial charge is 0.256 e. The molecule has 1 fully saturated rings. The molecule has 0 spiro atoms. The first-order valence-corrected chi connectivity index (χ1v) is 8.59. The normalized spacial score (nSPS) is 23.1. The summed E-state index contributed by atoms with van der Waals surface area (Å²) in [6, 6.07) is 7.35. The first-order chi connectivity index (χ1) is 10.2. The second kappa shape index (κ2) is 6.10. The van der Waals surface area contributed by atoms with E-state index >= 15 is 0 Å². The van der Waals surface area contributed by atoms with Crippen molar-refractivity contribution in [2.24, 2.45) is 0 Å². The number of carbonyl (C=O) groups excluding carboxylic acids is 2. The van der Waals surface area contributed by atoms with E-state index < -0.39 is 0 Å². The molecule has 2 heterocycles. The Morgan fingerprint density at radius 2 is 2.19 bits per heavy atom. The van der Waals surface area contributed by atoms with Gasteiger partial charge in [-0.05, 0) is 18.1 Å². The molecule has 0 aliphatic carbocycles. The minimum Gasteiger partial charge on any atom is -0.354 e. The molecule has 2 amide bonds. The highest BCUT2D eigenvalue weighted by Gasteiger charge is 2.48. The van der Waals surface area contributed by atoms with Crippen LogP contribution in [-0.4, -0.2) is 35.1 Å². The van der Waals surface area contributed by atoms with Gasteiger partial charge in [0.15, 0.2) is 0 Å². The van der Waals surface area contributed by atoms with Gasteiger partial charge in [-0.25, -0.2) is 0 Å². The van der Waals surface area contributed by atoms with Crippen molar-refractivity contribution in [3.63, 3.8) is 0 Å². The maximum absolute atomic E-state index is 12.5. The molecule has 2 atom stereocenters. The van der Waals surface area contributed by atoms with Gasteiger partial charge in [-0.1, -0.05) is 38.0 Å². The van der Waals surface area contributed by atoms with Gasteiger partial charge in [0.05, 0.1) is 0 Å². The zero-order valence-corrected chi connectivity index (χ0v) is 13.0. The molecule has 0 aromatic heterocycles. The average Bonchev–Trinajstić information content (AvgIpc) is 3.05. The van der Waals surface area contributed by atoms with Crippen LogP contribution >= 0.6 is 11.8 Å². The van der Waals surface area contributed by atoms with E-state index in [1.807, 2.05) is 24.3 Å². The van der Waals surface area contributed by atoms with Crippen molar-refractivity contribution >= 4 is 23.6 Å². The van der Waals surface area contributed by atoms with Crippen molar-refractivity contribution in [2.75, 3.05) is 12.3 Å². The van der Waals surface area contributed by atoms with Crippen LogP contribution in [0.15, 0.2) is 24.3 Å². The highest BCUT2D eigenvalue weighted by Crippen LogP contribution is 2.47. The lowest BCUT2D eigenvalue weighted by molar-refractivity contribution is -0.124. The summed E-state index contributed by atoms with van der Waals surface area (Å²) < 4.78 is 0. The monoisotopic (exact) mass is 304 g/mol. The molecular formula is C16H20N2O2S. The van der Waals surface area contributed by atoms with Crippen LogP contribution in [0, 0.1) is 0 Å². The Morgan fingerprint density at radius 3 is 3.00 bits per heavy atom. The Morgan fingerprint density at radius 1 is 1.38 bits per heavy atom. The number of unbranched alkanes of at least 4 members (excludes halogenated alkanes) is 2. The third-order valence-corrected chi connectivity index (χ3v) is 5.38. The van der Waals surface area contributed by atoms with Crippen LogP contribution in [0.4, 0.5) is 0 Å². The second-order valence-electron chi connectivity index (χ2n) is 5.50. The van der Waals surface area contributed by atoms with Gasteiger partial charge in [-0.2, -0.15) is 0 Å². The highest BCUT2D eigenvalue weighted by molar-refractivity contribution is 7.99. The molecule has 5 heteroatoms. The highest BCUT2D eigenvalue weighted by atomic mass is 32.2. The molecule has 3 rings (SSSR count). The first-order valence-electron chi connectivity index (χ1n) is 7.55. The molecule has 21 heavy (non-hydrogen) atoms. The number of benzene rings is 1. The molecule has 1 aromatic rings. The van der Waals surface area contributed by atoms with Crippen LogP contribution in [-0.2, 0) is 4.79 Å². The summed E-state index contributed by atoms with van der Waals surface area (Å²) >= 11 is 1.68. The summed E-state index contributed by atoms with van der Waals surface area (Å²) in [5.41, 5.74) is 1.80. The van der Waals surface area contributed by atoms with Crippen molar-refractivity contribution in [1.82, 2.24) is 10.2 Å². The van der Waals surface area contributed by atoms with Crippen LogP contribution < -0.4 is 5.32 Å². The van der Waals surface area contributed by atoms with E-state index in [1.54, 1.807) is 16.7 Å². The molecule has 112 valence electrons. The van der Waals surface area contributed by atoms with Crippen LogP contribution in [0.1, 0.15) is 47.5 Å². The quantitative estimate of drug-likeness (QED) is 0.851. The maximum atomic E-state index is 12.5. The number of hydrogen-bond acceptors (Lipinski definition) is 3. The first kappa shape index (κ1) is 14.4. The lowest BCUT2D eigenvalue weighted by Crippen LogP contribution is -2.46. The summed E-state index contributed by atoms with van der Waals surface area (Å²) in [4.78, 5) is 26.6. The van der Waals surface area contributed by atoms with Gasteiger partial charge < -0.3 is 10.2 Å². The Bertz CT molecular complexity index is 561. The SMILES string of the molecule is CCCCCNC(=O)[C@@H]1CS[C@H]2c3ccccc3C(=O)N12. The molecular weight excluding hydrogens is 284 g/mol. The van der Waals surface area contributed by atoms with Crippen LogP contribution in [0.2, 0.25) is 0 Å². The summed E-state index contributed by atoms with van der Waals surface area (Å²) in [6.07, 6.45) is 3.26. The predicted molar refractivity (Wildman–Crippen MR) is 84.1 cm³/mol. The Balaban J connectivity index is 1.68. The number of carbonyl (C=O) groups is 2. The standard InChI is InChI=1S/C16H20N2O2S/c1-2-3-6-9-17-14(19)13-10-21-16-12-8-5-4-7-11(12)15(20)18(13)16/h4-5,7-8,13,16H,2-3,6,9-10H2,1H3,(H,17,19)/t13-,16-/m0/s1. The Hall–Kier alpha value is -1.49. The van der Waals surface area contributed by atoms with Gasteiger partial charge in [0.2, 0.25) is 5.91 Å². The minimum atomic E-state index is -0.332. The number of rotatable bonds is 5. The maximum Gasteiger partial charge on any atom is 0.256 e. The largest absolute Gasteiger partial charge is 0.354 e. The lowest BCUT2D eigenvalue weighted by atomic mass is 10.1. The number of nitrogens with zero attached hydrogens (tertiary/aromatic N) is 1. The third-order valence-electron chi connectivity index (χ3n) is 4.07. The van der Waals surface area contributed by atoms with Gasteiger partial charge in [-0.15, -0.1) is 11.8 Å². The number of fused-ring (bicyclic) bond motifs is 3. The van der Waals surface area contributed by atoms with E-state index in [9.17, 15) is 9.59 Å². The molecule has 0 unspecified atom stereocenters. The number of nitrogens with one attached hydrogen (secondary N) is 1. The molecule has 0 bridgehead atoms. The van der Waals surface area contributed by atoms with E-state index in [0.717, 1.165) is 30.4 Å². The molecule has 0 saturated carbocycles. The fraction of sp³-hybridized carbons (Fsp3) is 0.500. The Kier molecular flexibility index (Phi) is 4.19. The van der Waals surface area contributed by atoms with Gasteiger partial charge in [0.1, 0.15) is 11.4 Å². The molecule has 2 aliphatic rings. The third kappa shape index (κ3) is 2.55. The molecule has 1 aromatic carbocycles. The van der Waals surface area contributed by atoms with Crippen LogP contribution in [0.3, 0.4) is 0 Å². The van der Waals surface area contributed by atoms with Gasteiger partial charge in [0, 0.05) is 17.9 Å². The van der Waals surface area contributed by atoms with E-state index in [2.05, 4.69) is 12.2 Å². The number of thioether (sulfide) groups is 1. The van der Waals surface area contributed by atoms with Gasteiger partial charge in [0.25, 0.3) is 5.91 Å². The molecule has 1 N–H and O–H groups in total. The summed E-state index contributed by atoms with van der Waals surface area (Å²) in [7, 11) is 0. The summed E-state index contributed by atoms with van der Waals surface area (Å²) in [5, 5.41) is 2.99. The van der Waals surface area contributed by atoms with Crippen molar-refractivity contribution < 1.29 is 9.59 Å². The average molecular weight is 304 g/mol. The number of amides is 2. The zero-order valence-electron chi connectivity index (χ0n) is 12.2. The van der Waals surface area contributed by atoms with E-state index in [-0.39, 0.29) is 23.2 Å². The van der Waals surface area contributed by atoms with E-state index in [0.29, 0.717) is 12.3 Å². The van der Waals surface area contributed by atoms with E-state index in [1.165, 1.54) is 0 Å². The van der Waals surface area contributed by atoms with Crippen LogP contribution in [0.25, 0.3) is 0 Å². The van der Waals surface area contributed by atoms with Gasteiger partial charge >= 0.3 is 0 Å². The topological polar surface area (TPSA) is 49.4 Å². The van der Waals surface area contributed by atoms with Gasteiger partial charge in [-0.3, -0.25) is 9.59 Å². The van der Waals surface area contributed by atoms with Crippen molar-refractivity contribution in [1.29, 1.82) is 0 Å².